The second-order valence-electron chi connectivity index (χ2n) is 3.50. The molecular weight excluding hydrogens is 275 g/mol. The molecule has 92 valence electrons. The van der Waals surface area contributed by atoms with Gasteiger partial charge in [-0.1, -0.05) is 41.4 Å². The van der Waals surface area contributed by atoms with Gasteiger partial charge in [0.05, 0.1) is 15.6 Å². The monoisotopic (exact) mass is 282 g/mol. The predicted molar refractivity (Wildman–Crippen MR) is 72.8 cm³/mol. The first-order valence-electron chi connectivity index (χ1n) is 5.04. The summed E-state index contributed by atoms with van der Waals surface area (Å²) in [6, 6.07) is 11.7. The van der Waals surface area contributed by atoms with Gasteiger partial charge in [-0.05, 0) is 24.3 Å². The first-order valence-corrected chi connectivity index (χ1v) is 5.79. The normalized spacial score (nSPS) is 10.1. The molecule has 0 atom stereocenters. The smallest absolute Gasteiger partial charge is 0.311 e. The molecule has 0 saturated carbocycles. The highest BCUT2D eigenvalue weighted by atomic mass is 35.5. The van der Waals surface area contributed by atoms with E-state index in [4.69, 9.17) is 23.2 Å². The quantitative estimate of drug-likeness (QED) is 0.659. The summed E-state index contributed by atoms with van der Waals surface area (Å²) in [4.78, 5) is 10.4. The molecule has 0 aromatic heterocycles. The minimum Gasteiger partial charge on any atom is -0.349 e. The van der Waals surface area contributed by atoms with Gasteiger partial charge in [0.15, 0.2) is 0 Å². The van der Waals surface area contributed by atoms with Gasteiger partial charge < -0.3 is 5.32 Å². The average Bonchev–Trinajstić information content (AvgIpc) is 2.31. The van der Waals surface area contributed by atoms with Gasteiger partial charge in [-0.15, -0.1) is 0 Å². The summed E-state index contributed by atoms with van der Waals surface area (Å²) in [5, 5.41) is 14.4. The molecule has 0 saturated heterocycles. The summed E-state index contributed by atoms with van der Waals surface area (Å²) in [6.07, 6.45) is 0. The lowest BCUT2D eigenvalue weighted by Crippen LogP contribution is -1.98. The molecule has 0 bridgehead atoms. The van der Waals surface area contributed by atoms with Crippen LogP contribution in [0.2, 0.25) is 10.0 Å². The number of nitro groups is 1. The van der Waals surface area contributed by atoms with E-state index < -0.39 is 4.92 Å². The summed E-state index contributed by atoms with van der Waals surface area (Å²) in [6.45, 7) is 0. The molecule has 2 aromatic carbocycles. The van der Waals surface area contributed by atoms with Crippen molar-refractivity contribution in [3.8, 4) is 0 Å². The van der Waals surface area contributed by atoms with E-state index >= 15 is 0 Å². The van der Waals surface area contributed by atoms with Crippen LogP contribution in [0.4, 0.5) is 17.1 Å². The summed E-state index contributed by atoms with van der Waals surface area (Å²) < 4.78 is 0. The number of benzene rings is 2. The number of hydrogen-bond acceptors (Lipinski definition) is 3. The van der Waals surface area contributed by atoms with Crippen molar-refractivity contribution in [3.05, 3.63) is 62.6 Å². The Labute approximate surface area is 113 Å². The van der Waals surface area contributed by atoms with Gasteiger partial charge >= 0.3 is 5.69 Å². The first-order chi connectivity index (χ1) is 8.59. The number of rotatable bonds is 3. The summed E-state index contributed by atoms with van der Waals surface area (Å²) in [5.74, 6) is 0. The van der Waals surface area contributed by atoms with E-state index in [1.54, 1.807) is 36.4 Å². The van der Waals surface area contributed by atoms with Crippen molar-refractivity contribution in [1.82, 2.24) is 0 Å². The first kappa shape index (κ1) is 12.7. The minimum absolute atomic E-state index is 0.0806. The van der Waals surface area contributed by atoms with Gasteiger partial charge in [0, 0.05) is 0 Å². The van der Waals surface area contributed by atoms with Gasteiger partial charge in [-0.3, -0.25) is 10.1 Å². The fourth-order valence-electron chi connectivity index (χ4n) is 1.51. The molecule has 4 nitrogen and oxygen atoms in total. The number of anilines is 2. The van der Waals surface area contributed by atoms with E-state index in [0.717, 1.165) is 0 Å². The molecule has 0 amide bonds. The summed E-state index contributed by atoms with van der Waals surface area (Å²) >= 11 is 11.8. The number of para-hydroxylation sites is 2. The van der Waals surface area contributed by atoms with Crippen molar-refractivity contribution in [2.24, 2.45) is 0 Å². The molecule has 18 heavy (non-hydrogen) atoms. The second kappa shape index (κ2) is 5.25. The van der Waals surface area contributed by atoms with Crippen LogP contribution in [0.3, 0.4) is 0 Å². The molecule has 0 spiro atoms. The summed E-state index contributed by atoms with van der Waals surface area (Å²) in [7, 11) is 0. The number of nitrogens with zero attached hydrogens (tertiary/aromatic N) is 1. The van der Waals surface area contributed by atoms with Gasteiger partial charge in [-0.2, -0.15) is 0 Å². The van der Waals surface area contributed by atoms with Gasteiger partial charge in [0.1, 0.15) is 10.7 Å². The van der Waals surface area contributed by atoms with E-state index in [1.807, 2.05) is 0 Å². The molecule has 0 aliphatic heterocycles. The maximum atomic E-state index is 11.0. The van der Waals surface area contributed by atoms with Crippen molar-refractivity contribution < 1.29 is 4.92 Å². The Morgan fingerprint density at radius 3 is 2.22 bits per heavy atom. The largest absolute Gasteiger partial charge is 0.349 e. The Kier molecular flexibility index (Phi) is 3.69. The lowest BCUT2D eigenvalue weighted by Gasteiger charge is -2.09. The van der Waals surface area contributed by atoms with Crippen molar-refractivity contribution in [2.75, 3.05) is 5.32 Å². The third-order valence-electron chi connectivity index (χ3n) is 2.31. The Balaban J connectivity index is 2.44. The van der Waals surface area contributed by atoms with Gasteiger partial charge in [0.2, 0.25) is 0 Å². The maximum absolute atomic E-state index is 11.0. The van der Waals surface area contributed by atoms with E-state index in [0.29, 0.717) is 16.4 Å². The summed E-state index contributed by atoms with van der Waals surface area (Å²) in [5.41, 5.74) is 0.726. The minimum atomic E-state index is -0.526. The van der Waals surface area contributed by atoms with E-state index in [-0.39, 0.29) is 10.7 Å². The number of hydrogen-bond donors (Lipinski definition) is 1. The molecular formula is C12H8Cl2N2O2. The lowest BCUT2D eigenvalue weighted by molar-refractivity contribution is -0.383. The number of halogens is 2. The molecule has 0 aliphatic rings. The van der Waals surface area contributed by atoms with Crippen LogP contribution in [0.1, 0.15) is 0 Å². The van der Waals surface area contributed by atoms with E-state index in [2.05, 4.69) is 5.32 Å². The van der Waals surface area contributed by atoms with Crippen molar-refractivity contribution in [3.63, 3.8) is 0 Å². The Morgan fingerprint density at radius 2 is 1.56 bits per heavy atom. The number of nitro benzene ring substituents is 1. The van der Waals surface area contributed by atoms with Crippen LogP contribution in [0, 0.1) is 10.1 Å². The van der Waals surface area contributed by atoms with Crippen LogP contribution < -0.4 is 5.32 Å². The SMILES string of the molecule is O=[N+]([O-])c1c(Cl)cccc1Nc1ccccc1Cl. The van der Waals surface area contributed by atoms with Crippen LogP contribution >= 0.6 is 23.2 Å². The van der Waals surface area contributed by atoms with Crippen molar-refractivity contribution in [1.29, 1.82) is 0 Å². The topological polar surface area (TPSA) is 55.2 Å². The van der Waals surface area contributed by atoms with E-state index in [1.165, 1.54) is 6.07 Å². The molecule has 2 aromatic rings. The highest BCUT2D eigenvalue weighted by molar-refractivity contribution is 6.34. The maximum Gasteiger partial charge on any atom is 0.311 e. The molecule has 0 heterocycles. The molecule has 0 unspecified atom stereocenters. The fraction of sp³-hybridized carbons (Fsp3) is 0. The highest BCUT2D eigenvalue weighted by Gasteiger charge is 2.18. The Bertz CT molecular complexity index is 602. The molecule has 0 fully saturated rings. The zero-order valence-corrected chi connectivity index (χ0v) is 10.6. The molecule has 1 N–H and O–H groups in total. The molecule has 0 aliphatic carbocycles. The van der Waals surface area contributed by atoms with Crippen LogP contribution in [-0.4, -0.2) is 4.92 Å². The second-order valence-corrected chi connectivity index (χ2v) is 4.31. The van der Waals surface area contributed by atoms with Crippen LogP contribution in [0.25, 0.3) is 0 Å². The number of nitrogens with one attached hydrogen (secondary N) is 1. The fourth-order valence-corrected chi connectivity index (χ4v) is 1.94. The third kappa shape index (κ3) is 2.55. The van der Waals surface area contributed by atoms with Gasteiger partial charge in [-0.25, -0.2) is 0 Å². The van der Waals surface area contributed by atoms with Crippen LogP contribution in [0.15, 0.2) is 42.5 Å². The van der Waals surface area contributed by atoms with Crippen LogP contribution in [-0.2, 0) is 0 Å². The van der Waals surface area contributed by atoms with Gasteiger partial charge in [0.25, 0.3) is 0 Å². The van der Waals surface area contributed by atoms with Crippen molar-refractivity contribution >= 4 is 40.3 Å². The third-order valence-corrected chi connectivity index (χ3v) is 2.95. The lowest BCUT2D eigenvalue weighted by atomic mass is 10.2. The molecule has 0 radical (unpaired) electrons. The Morgan fingerprint density at radius 1 is 0.944 bits per heavy atom. The van der Waals surface area contributed by atoms with E-state index in [9.17, 15) is 10.1 Å². The zero-order chi connectivity index (χ0) is 13.1. The Hall–Kier alpha value is -1.78. The predicted octanol–water partition coefficient (Wildman–Crippen LogP) is 4.65. The standard InChI is InChI=1S/C12H8Cl2N2O2/c13-8-4-1-2-6-10(8)15-11-7-3-5-9(14)12(11)16(17)18/h1-7,15H. The molecule has 2 rings (SSSR count). The van der Waals surface area contributed by atoms with Crippen LogP contribution in [0.5, 0.6) is 0 Å². The molecule has 6 heteroatoms. The average molecular weight is 283 g/mol. The van der Waals surface area contributed by atoms with Crippen molar-refractivity contribution in [2.45, 2.75) is 0 Å². The highest BCUT2D eigenvalue weighted by Crippen LogP contribution is 2.35. The zero-order valence-electron chi connectivity index (χ0n) is 9.06.